The lowest BCUT2D eigenvalue weighted by molar-refractivity contribution is -0.119. The summed E-state index contributed by atoms with van der Waals surface area (Å²) in [6.45, 7) is 9.89. The van der Waals surface area contributed by atoms with Crippen LogP contribution in [0.25, 0.3) is 21.5 Å². The molecular weight excluding hydrogens is 954 g/mol. The van der Waals surface area contributed by atoms with Gasteiger partial charge in [-0.2, -0.15) is 0 Å². The van der Waals surface area contributed by atoms with Gasteiger partial charge in [0.15, 0.2) is 0 Å². The van der Waals surface area contributed by atoms with Gasteiger partial charge in [0.2, 0.25) is 11.8 Å². The van der Waals surface area contributed by atoms with Crippen molar-refractivity contribution in [3.05, 3.63) is 102 Å². The summed E-state index contributed by atoms with van der Waals surface area (Å²) >= 11 is 13.2. The van der Waals surface area contributed by atoms with Crippen molar-refractivity contribution in [3.63, 3.8) is 0 Å². The van der Waals surface area contributed by atoms with Crippen LogP contribution in [0.4, 0.5) is 26.7 Å². The summed E-state index contributed by atoms with van der Waals surface area (Å²) in [4.78, 5) is 60.5. The molecule has 0 spiro atoms. The van der Waals surface area contributed by atoms with Crippen LogP contribution in [0.2, 0.25) is 0 Å². The second-order valence-corrected chi connectivity index (χ2v) is 20.4. The average Bonchev–Trinajstić information content (AvgIpc) is 3.96. The number of fused-ring (bicyclic) bond motifs is 6. The van der Waals surface area contributed by atoms with Crippen molar-refractivity contribution in [2.45, 2.75) is 76.5 Å². The number of carbonyl (C=O) groups is 4. The molecule has 1 saturated heterocycles. The van der Waals surface area contributed by atoms with E-state index in [-0.39, 0.29) is 48.6 Å². The molecule has 72 heavy (non-hydrogen) atoms. The fourth-order valence-corrected chi connectivity index (χ4v) is 10.6. The van der Waals surface area contributed by atoms with Crippen molar-refractivity contribution >= 4 is 85.7 Å². The zero-order valence-corrected chi connectivity index (χ0v) is 43.2. The lowest BCUT2D eigenvalue weighted by Gasteiger charge is -2.31. The number of nitrogens with one attached hydrogen (secondary N) is 3. The topological polar surface area (TPSA) is 188 Å². The zero-order chi connectivity index (χ0) is 50.9. The Morgan fingerprint density at radius 1 is 0.736 bits per heavy atom. The molecule has 5 aromatic rings. The number of amides is 5. The van der Waals surface area contributed by atoms with E-state index >= 15 is 0 Å². The number of alkyl halides is 2. The van der Waals surface area contributed by atoms with Crippen molar-refractivity contribution in [1.82, 2.24) is 20.4 Å². The van der Waals surface area contributed by atoms with Gasteiger partial charge in [0.1, 0.15) is 18.1 Å². The number of rotatable bonds is 21. The normalized spacial score (nSPS) is 17.5. The van der Waals surface area contributed by atoms with Crippen LogP contribution < -0.4 is 46.7 Å². The molecule has 7 N–H and O–H groups in total. The van der Waals surface area contributed by atoms with Crippen LogP contribution in [0.3, 0.4) is 0 Å². The van der Waals surface area contributed by atoms with E-state index < -0.39 is 12.1 Å². The zero-order valence-electron chi connectivity index (χ0n) is 41.6. The molecule has 0 bridgehead atoms. The van der Waals surface area contributed by atoms with Gasteiger partial charge in [-0.1, -0.05) is 74.5 Å². The number of nitrogens with two attached hydrogens (primary N) is 2. The van der Waals surface area contributed by atoms with E-state index in [0.29, 0.717) is 93.7 Å². The van der Waals surface area contributed by atoms with Gasteiger partial charge in [0, 0.05) is 136 Å². The fraction of sp³-hybridized carbons (Fsp3) is 0.455. The van der Waals surface area contributed by atoms with Gasteiger partial charge in [-0.25, -0.2) is 9.59 Å². The summed E-state index contributed by atoms with van der Waals surface area (Å²) in [5.41, 5.74) is 17.0. The first-order chi connectivity index (χ1) is 34.8. The van der Waals surface area contributed by atoms with Crippen LogP contribution in [-0.4, -0.2) is 124 Å². The molecule has 0 aliphatic carbocycles. The second kappa shape index (κ2) is 24.3. The molecule has 4 atom stereocenters. The lowest BCUT2D eigenvalue weighted by atomic mass is 9.95. The van der Waals surface area contributed by atoms with Crippen molar-refractivity contribution in [3.8, 4) is 11.5 Å². The van der Waals surface area contributed by atoms with Crippen molar-refractivity contribution in [2.75, 3.05) is 92.8 Å². The molecule has 5 amide bonds. The molecule has 15 nitrogen and oxygen atoms in total. The minimum Gasteiger partial charge on any atom is -0.488 e. The molecule has 5 aromatic carbocycles. The second-order valence-electron chi connectivity index (χ2n) is 19.7. The summed E-state index contributed by atoms with van der Waals surface area (Å²) in [7, 11) is 2.03. The summed E-state index contributed by atoms with van der Waals surface area (Å²) < 4.78 is 12.7. The van der Waals surface area contributed by atoms with Crippen LogP contribution in [0, 0.1) is 5.92 Å². The number of carbonyl (C=O) groups excluding carboxylic acids is 4. The Bertz CT molecular complexity index is 2720. The van der Waals surface area contributed by atoms with E-state index in [1.165, 1.54) is 0 Å². The fourth-order valence-electron chi connectivity index (χ4n) is 10.1. The molecule has 3 aliphatic heterocycles. The number of urea groups is 1. The van der Waals surface area contributed by atoms with Crippen LogP contribution in [0.1, 0.15) is 74.5 Å². The smallest absolute Gasteiger partial charge is 0.415 e. The van der Waals surface area contributed by atoms with Gasteiger partial charge in [-0.15, -0.1) is 23.2 Å². The SMILES string of the molecule is CC(C)[C@@H](N)CN[C@H](CCCNC(N)=O)CNc1ccc(COc2cc3c(c4ccccc24)[C@H](CCl)CN3C(=O)CCCC(=O)N2C[C@@H](CCl)c3c2cc(OC(=O)N2CCN(C)CC2)c2ccccc32)cc1. The highest BCUT2D eigenvalue weighted by Gasteiger charge is 2.37. The van der Waals surface area contributed by atoms with Gasteiger partial charge in [0.25, 0.3) is 0 Å². The standard InChI is InChI=1S/C55H69Cl2N9O6/c1-35(2)45(58)31-62-40(10-9-21-60-54(59)69)30-61-39-19-17-36(18-20-39)34-71-48-26-46-52(43-13-6-4-11-41(43)48)37(28-56)32-65(46)50(67)15-8-16-51(68)66-33-38(29-57)53-44-14-7-5-12-42(44)49(27-47(53)66)72-55(70)64-24-22-63(3)23-25-64/h4-7,11-14,17-20,26-27,35,37-38,40,45,61-62H,8-10,15-16,21-25,28-34,58H2,1-3H3,(H3,59,60,69)/t37-,38-,40-,45+/m1/s1. The van der Waals surface area contributed by atoms with E-state index in [0.717, 1.165) is 75.5 Å². The highest BCUT2D eigenvalue weighted by Crippen LogP contribution is 2.48. The first-order valence-electron chi connectivity index (χ1n) is 25.3. The maximum absolute atomic E-state index is 14.3. The highest BCUT2D eigenvalue weighted by atomic mass is 35.5. The molecule has 8 rings (SSSR count). The number of likely N-dealkylation sites (N-methyl/N-ethyl adjacent to an activating group) is 1. The van der Waals surface area contributed by atoms with Gasteiger partial charge >= 0.3 is 12.1 Å². The molecule has 3 aliphatic rings. The average molecular weight is 1020 g/mol. The maximum Gasteiger partial charge on any atom is 0.415 e. The van der Waals surface area contributed by atoms with Crippen molar-refractivity contribution in [2.24, 2.45) is 17.4 Å². The van der Waals surface area contributed by atoms with E-state index in [1.807, 2.05) is 85.9 Å². The molecule has 3 heterocycles. The Morgan fingerprint density at radius 2 is 1.29 bits per heavy atom. The molecule has 1 fully saturated rings. The molecule has 384 valence electrons. The molecule has 0 aromatic heterocycles. The number of ether oxygens (including phenoxy) is 2. The summed E-state index contributed by atoms with van der Waals surface area (Å²) in [6.07, 6.45) is 1.83. The number of nitrogens with zero attached hydrogens (tertiary/aromatic N) is 4. The third-order valence-corrected chi connectivity index (χ3v) is 15.1. The van der Waals surface area contributed by atoms with E-state index in [4.69, 9.17) is 44.1 Å². The predicted octanol–water partition coefficient (Wildman–Crippen LogP) is 8.33. The lowest BCUT2D eigenvalue weighted by Crippen LogP contribution is -2.48. The van der Waals surface area contributed by atoms with E-state index in [9.17, 15) is 19.2 Å². The molecule has 0 saturated carbocycles. The third kappa shape index (κ3) is 12.3. The maximum atomic E-state index is 14.3. The molecule has 17 heteroatoms. The minimum absolute atomic E-state index is 0.0307. The Hall–Kier alpha value is -5.84. The molecule has 0 radical (unpaired) electrons. The quantitative estimate of drug-likeness (QED) is 0.0353. The van der Waals surface area contributed by atoms with Gasteiger partial charge in [0.05, 0.1) is 11.4 Å². The molecular formula is C55H69Cl2N9O6. The van der Waals surface area contributed by atoms with Crippen LogP contribution >= 0.6 is 23.2 Å². The Kier molecular flexibility index (Phi) is 17.7. The van der Waals surface area contributed by atoms with Crippen molar-refractivity contribution < 1.29 is 28.7 Å². The first-order valence-corrected chi connectivity index (χ1v) is 26.4. The van der Waals surface area contributed by atoms with Gasteiger partial charge in [-0.3, -0.25) is 9.59 Å². The highest BCUT2D eigenvalue weighted by molar-refractivity contribution is 6.19. The number of halogens is 2. The number of hydrogen-bond acceptors (Lipinski definition) is 10. The van der Waals surface area contributed by atoms with E-state index in [1.54, 1.807) is 14.7 Å². The van der Waals surface area contributed by atoms with Crippen LogP contribution in [0.5, 0.6) is 11.5 Å². The van der Waals surface area contributed by atoms with Gasteiger partial charge < -0.3 is 56.5 Å². The van der Waals surface area contributed by atoms with Crippen LogP contribution in [0.15, 0.2) is 84.9 Å². The van der Waals surface area contributed by atoms with Gasteiger partial charge in [-0.05, 0) is 71.8 Å². The Balaban J connectivity index is 0.918. The number of piperazine rings is 1. The largest absolute Gasteiger partial charge is 0.488 e. The number of primary amides is 1. The number of anilines is 3. The Labute approximate surface area is 432 Å². The van der Waals surface area contributed by atoms with Crippen molar-refractivity contribution in [1.29, 1.82) is 0 Å². The first kappa shape index (κ1) is 52.5. The summed E-state index contributed by atoms with van der Waals surface area (Å²) in [5.74, 6) is 1.67. The van der Waals surface area contributed by atoms with Crippen LogP contribution in [-0.2, 0) is 16.2 Å². The number of benzene rings is 5. The summed E-state index contributed by atoms with van der Waals surface area (Å²) in [5, 5.41) is 13.4. The predicted molar refractivity (Wildman–Crippen MR) is 289 cm³/mol. The third-order valence-electron chi connectivity index (χ3n) is 14.4. The van der Waals surface area contributed by atoms with E-state index in [2.05, 4.69) is 40.8 Å². The minimum atomic E-state index is -0.524. The molecule has 0 unspecified atom stereocenters. The number of hydrogen-bond donors (Lipinski definition) is 5. The monoisotopic (exact) mass is 1020 g/mol. The summed E-state index contributed by atoms with van der Waals surface area (Å²) in [6, 6.07) is 27.4. The Morgan fingerprint density at radius 3 is 1.85 bits per heavy atom.